The normalized spacial score (nSPS) is 34.7. The lowest BCUT2D eigenvalue weighted by Gasteiger charge is -2.31. The van der Waals surface area contributed by atoms with Gasteiger partial charge >= 0.3 is 0 Å². The summed E-state index contributed by atoms with van der Waals surface area (Å²) in [6.07, 6.45) is 2.82. The van der Waals surface area contributed by atoms with Gasteiger partial charge in [-0.05, 0) is 31.7 Å². The summed E-state index contributed by atoms with van der Waals surface area (Å²) >= 11 is 0. The zero-order valence-corrected chi connectivity index (χ0v) is 10.3. The van der Waals surface area contributed by atoms with Crippen LogP contribution in [0.5, 0.6) is 0 Å². The smallest absolute Gasteiger partial charge is 0.248 e. The first-order valence-electron chi connectivity index (χ1n) is 5.91. The van der Waals surface area contributed by atoms with Crippen molar-refractivity contribution < 1.29 is 8.78 Å². The Bertz CT molecular complexity index is 226. The molecule has 5 heteroatoms. The van der Waals surface area contributed by atoms with Crippen LogP contribution in [0.3, 0.4) is 0 Å². The highest BCUT2D eigenvalue weighted by Crippen LogP contribution is 2.37. The predicted octanol–water partition coefficient (Wildman–Crippen LogP) is 2.27. The monoisotopic (exact) mass is 254 g/mol. The van der Waals surface area contributed by atoms with E-state index in [2.05, 4.69) is 4.90 Å². The fraction of sp³-hybridized carbons (Fsp3) is 1.00. The topological polar surface area (TPSA) is 29.3 Å². The average Bonchev–Trinajstić information content (AvgIpc) is 2.49. The maximum Gasteiger partial charge on any atom is 0.248 e. The van der Waals surface area contributed by atoms with Gasteiger partial charge in [-0.2, -0.15) is 0 Å². The summed E-state index contributed by atoms with van der Waals surface area (Å²) < 4.78 is 26.3. The largest absolute Gasteiger partial charge is 0.326 e. The number of likely N-dealkylation sites (tertiary alicyclic amines) is 1. The van der Waals surface area contributed by atoms with Crippen LogP contribution in [0.15, 0.2) is 0 Å². The molecule has 0 aromatic carbocycles. The van der Waals surface area contributed by atoms with Crippen molar-refractivity contribution in [2.45, 2.75) is 44.1 Å². The number of nitrogens with zero attached hydrogens (tertiary/aromatic N) is 1. The van der Waals surface area contributed by atoms with Crippen LogP contribution in [0.4, 0.5) is 8.78 Å². The van der Waals surface area contributed by atoms with Crippen LogP contribution in [0.25, 0.3) is 0 Å². The van der Waals surface area contributed by atoms with Gasteiger partial charge in [0.05, 0.1) is 0 Å². The molecule has 16 heavy (non-hydrogen) atoms. The molecular formula is C11H21ClF2N2. The van der Waals surface area contributed by atoms with Gasteiger partial charge < -0.3 is 10.6 Å². The van der Waals surface area contributed by atoms with Gasteiger partial charge in [-0.1, -0.05) is 0 Å². The van der Waals surface area contributed by atoms with Crippen molar-refractivity contribution in [1.29, 1.82) is 0 Å². The quantitative estimate of drug-likeness (QED) is 0.819. The molecule has 0 aromatic rings. The van der Waals surface area contributed by atoms with Gasteiger partial charge in [0.25, 0.3) is 0 Å². The predicted molar refractivity (Wildman–Crippen MR) is 63.2 cm³/mol. The van der Waals surface area contributed by atoms with Crippen molar-refractivity contribution in [2.24, 2.45) is 11.7 Å². The highest BCUT2D eigenvalue weighted by Gasteiger charge is 2.37. The second-order valence-electron chi connectivity index (χ2n) is 5.13. The number of nitrogens with two attached hydrogens (primary N) is 1. The number of hydrogen-bond acceptors (Lipinski definition) is 2. The fourth-order valence-corrected chi connectivity index (χ4v) is 2.83. The third-order valence-electron chi connectivity index (χ3n) is 3.57. The molecule has 2 atom stereocenters. The first-order chi connectivity index (χ1) is 7.05. The summed E-state index contributed by atoms with van der Waals surface area (Å²) in [7, 11) is 0. The van der Waals surface area contributed by atoms with Crippen molar-refractivity contribution in [1.82, 2.24) is 4.90 Å². The number of halogens is 3. The highest BCUT2D eigenvalue weighted by atomic mass is 35.5. The van der Waals surface area contributed by atoms with Gasteiger partial charge in [0.15, 0.2) is 0 Å². The Morgan fingerprint density at radius 1 is 1.31 bits per heavy atom. The van der Waals surface area contributed by atoms with E-state index >= 15 is 0 Å². The molecule has 2 N–H and O–H groups in total. The molecule has 2 fully saturated rings. The maximum atomic E-state index is 13.2. The molecule has 0 spiro atoms. The summed E-state index contributed by atoms with van der Waals surface area (Å²) in [6, 6.07) is 0.258. The van der Waals surface area contributed by atoms with Crippen LogP contribution in [0.1, 0.15) is 32.1 Å². The molecule has 2 unspecified atom stereocenters. The zero-order valence-electron chi connectivity index (χ0n) is 9.50. The second kappa shape index (κ2) is 5.61. The van der Waals surface area contributed by atoms with Gasteiger partial charge in [0.2, 0.25) is 5.92 Å². The van der Waals surface area contributed by atoms with Gasteiger partial charge in [0, 0.05) is 32.0 Å². The molecule has 1 aliphatic carbocycles. The van der Waals surface area contributed by atoms with E-state index in [1.807, 2.05) is 0 Å². The molecule has 0 amide bonds. The van der Waals surface area contributed by atoms with Gasteiger partial charge in [0.1, 0.15) is 0 Å². The Hall–Kier alpha value is 0.0700. The molecule has 0 aromatic heterocycles. The minimum Gasteiger partial charge on any atom is -0.326 e. The molecule has 96 valence electrons. The van der Waals surface area contributed by atoms with E-state index in [1.54, 1.807) is 0 Å². The Labute approximate surface area is 102 Å². The van der Waals surface area contributed by atoms with Crippen LogP contribution in [0.2, 0.25) is 0 Å². The maximum absolute atomic E-state index is 13.2. The summed E-state index contributed by atoms with van der Waals surface area (Å²) in [5, 5.41) is 0. The Kier molecular flexibility index (Phi) is 4.95. The minimum absolute atomic E-state index is 0. The van der Waals surface area contributed by atoms with E-state index in [0.717, 1.165) is 32.5 Å². The molecule has 1 saturated heterocycles. The zero-order chi connectivity index (χ0) is 10.9. The standard InChI is InChI=1S/C11H20F2N2.ClH/c12-11(13)4-1-2-9(6-11)7-15-5-3-10(14)8-15;/h9-10H,1-8,14H2;1H. The number of rotatable bonds is 2. The van der Waals surface area contributed by atoms with E-state index in [9.17, 15) is 8.78 Å². The first-order valence-corrected chi connectivity index (χ1v) is 5.91. The third-order valence-corrected chi connectivity index (χ3v) is 3.57. The molecule has 1 saturated carbocycles. The Balaban J connectivity index is 0.00000128. The molecule has 1 heterocycles. The van der Waals surface area contributed by atoms with Crippen molar-refractivity contribution in [3.8, 4) is 0 Å². The Morgan fingerprint density at radius 3 is 2.62 bits per heavy atom. The van der Waals surface area contributed by atoms with Crippen molar-refractivity contribution in [2.75, 3.05) is 19.6 Å². The van der Waals surface area contributed by atoms with Crippen molar-refractivity contribution in [3.05, 3.63) is 0 Å². The lowest BCUT2D eigenvalue weighted by molar-refractivity contribution is -0.0561. The fourth-order valence-electron chi connectivity index (χ4n) is 2.83. The molecule has 2 aliphatic rings. The lowest BCUT2D eigenvalue weighted by atomic mass is 9.86. The van der Waals surface area contributed by atoms with Crippen LogP contribution >= 0.6 is 12.4 Å². The second-order valence-corrected chi connectivity index (χ2v) is 5.13. The van der Waals surface area contributed by atoms with Crippen LogP contribution < -0.4 is 5.73 Å². The van der Waals surface area contributed by atoms with E-state index in [0.29, 0.717) is 6.42 Å². The summed E-state index contributed by atoms with van der Waals surface area (Å²) in [5.74, 6) is -2.23. The average molecular weight is 255 g/mol. The molecule has 2 nitrogen and oxygen atoms in total. The lowest BCUT2D eigenvalue weighted by Crippen LogP contribution is -2.35. The van der Waals surface area contributed by atoms with Gasteiger partial charge in [-0.25, -0.2) is 8.78 Å². The number of alkyl halides is 2. The first kappa shape index (κ1) is 14.1. The summed E-state index contributed by atoms with van der Waals surface area (Å²) in [6.45, 7) is 2.70. The number of hydrogen-bond donors (Lipinski definition) is 1. The molecule has 1 aliphatic heterocycles. The van der Waals surface area contributed by atoms with Gasteiger partial charge in [-0.15, -0.1) is 12.4 Å². The third kappa shape index (κ3) is 3.82. The minimum atomic E-state index is -2.41. The van der Waals surface area contributed by atoms with E-state index in [4.69, 9.17) is 5.73 Å². The van der Waals surface area contributed by atoms with E-state index < -0.39 is 5.92 Å². The molecule has 0 radical (unpaired) electrons. The van der Waals surface area contributed by atoms with Crippen LogP contribution in [-0.4, -0.2) is 36.5 Å². The van der Waals surface area contributed by atoms with E-state index in [-0.39, 0.29) is 37.2 Å². The van der Waals surface area contributed by atoms with E-state index in [1.165, 1.54) is 0 Å². The molecule has 0 bridgehead atoms. The molecular weight excluding hydrogens is 234 g/mol. The summed E-state index contributed by atoms with van der Waals surface area (Å²) in [5.41, 5.74) is 5.79. The summed E-state index contributed by atoms with van der Waals surface area (Å²) in [4.78, 5) is 2.25. The Morgan fingerprint density at radius 2 is 2.06 bits per heavy atom. The highest BCUT2D eigenvalue weighted by molar-refractivity contribution is 5.85. The van der Waals surface area contributed by atoms with Crippen LogP contribution in [0, 0.1) is 5.92 Å². The molecule has 2 rings (SSSR count). The van der Waals surface area contributed by atoms with Gasteiger partial charge in [-0.3, -0.25) is 0 Å². The van der Waals surface area contributed by atoms with Crippen molar-refractivity contribution in [3.63, 3.8) is 0 Å². The van der Waals surface area contributed by atoms with Crippen molar-refractivity contribution >= 4 is 12.4 Å². The van der Waals surface area contributed by atoms with Crippen LogP contribution in [-0.2, 0) is 0 Å². The SMILES string of the molecule is Cl.NC1CCN(CC2CCCC(F)(F)C2)C1.